The van der Waals surface area contributed by atoms with Crippen LogP contribution in [0.2, 0.25) is 0 Å². The molecule has 1 rings (SSSR count). The van der Waals surface area contributed by atoms with Crippen LogP contribution in [0, 0.1) is 17.3 Å². The highest BCUT2D eigenvalue weighted by atomic mass is 16.3. The van der Waals surface area contributed by atoms with E-state index in [4.69, 9.17) is 0 Å². The van der Waals surface area contributed by atoms with E-state index in [1.807, 2.05) is 12.2 Å². The lowest BCUT2D eigenvalue weighted by Gasteiger charge is -2.38. The van der Waals surface area contributed by atoms with E-state index in [9.17, 15) is 10.2 Å². The van der Waals surface area contributed by atoms with Gasteiger partial charge in [-0.05, 0) is 18.1 Å². The number of aliphatic hydroxyl groups is 2. The topological polar surface area (TPSA) is 40.5 Å². The van der Waals surface area contributed by atoms with E-state index < -0.39 is 0 Å². The molecule has 0 saturated carbocycles. The van der Waals surface area contributed by atoms with Crippen LogP contribution in [-0.4, -0.2) is 16.8 Å². The van der Waals surface area contributed by atoms with Gasteiger partial charge in [0.15, 0.2) is 0 Å². The fraction of sp³-hybridized carbons (Fsp3) is 0.636. The van der Waals surface area contributed by atoms with Gasteiger partial charge in [0.2, 0.25) is 0 Å². The summed E-state index contributed by atoms with van der Waals surface area (Å²) < 4.78 is 0. The Bertz CT molecular complexity index is 240. The summed E-state index contributed by atoms with van der Waals surface area (Å²) in [6, 6.07) is 0. The maximum atomic E-state index is 9.40. The second-order valence-corrected chi connectivity index (χ2v) is 4.24. The van der Waals surface area contributed by atoms with Gasteiger partial charge in [-0.15, -0.1) is 0 Å². The van der Waals surface area contributed by atoms with Gasteiger partial charge in [0, 0.05) is 11.3 Å². The number of hydrogen-bond donors (Lipinski definition) is 2. The molecule has 0 heterocycles. The molecule has 1 aliphatic rings. The Kier molecular flexibility index (Phi) is 2.81. The van der Waals surface area contributed by atoms with Crippen molar-refractivity contribution >= 4 is 0 Å². The van der Waals surface area contributed by atoms with Gasteiger partial charge in [0.05, 0.1) is 6.61 Å². The van der Waals surface area contributed by atoms with Crippen molar-refractivity contribution < 1.29 is 10.2 Å². The lowest BCUT2D eigenvalue weighted by atomic mass is 9.67. The summed E-state index contributed by atoms with van der Waals surface area (Å²) in [6.07, 6.45) is 5.39. The molecule has 74 valence electrons. The maximum Gasteiger partial charge on any atom is 0.111 e. The van der Waals surface area contributed by atoms with Crippen molar-refractivity contribution in [3.05, 3.63) is 24.0 Å². The standard InChI is InChI=1S/C11H18O2/c1-8(2)11(3)6-10(13)5-4-9(11)7-12/h4-6,8-9,12-13H,7H2,1-3H3. The van der Waals surface area contributed by atoms with Crippen molar-refractivity contribution in [2.24, 2.45) is 17.3 Å². The second-order valence-electron chi connectivity index (χ2n) is 4.24. The first-order chi connectivity index (χ1) is 6.00. The molecule has 0 spiro atoms. The minimum atomic E-state index is -0.131. The van der Waals surface area contributed by atoms with Gasteiger partial charge >= 0.3 is 0 Å². The van der Waals surface area contributed by atoms with Crippen LogP contribution in [0.4, 0.5) is 0 Å². The third kappa shape index (κ3) is 1.78. The van der Waals surface area contributed by atoms with E-state index in [0.29, 0.717) is 11.7 Å². The first kappa shape index (κ1) is 10.3. The monoisotopic (exact) mass is 182 g/mol. The number of allylic oxidation sites excluding steroid dienone is 2. The molecule has 0 aliphatic heterocycles. The Balaban J connectivity index is 2.98. The highest BCUT2D eigenvalue weighted by Gasteiger charge is 2.35. The van der Waals surface area contributed by atoms with Crippen molar-refractivity contribution in [3.8, 4) is 0 Å². The van der Waals surface area contributed by atoms with Crippen LogP contribution in [0.5, 0.6) is 0 Å². The Morgan fingerprint density at radius 2 is 2.15 bits per heavy atom. The first-order valence-electron chi connectivity index (χ1n) is 4.71. The lowest BCUT2D eigenvalue weighted by molar-refractivity contribution is 0.127. The zero-order valence-electron chi connectivity index (χ0n) is 8.49. The SMILES string of the molecule is CC(C)C1(C)C=C(O)C=CC1CO. The third-order valence-corrected chi connectivity index (χ3v) is 3.20. The maximum absolute atomic E-state index is 9.40. The molecule has 1 aliphatic carbocycles. The van der Waals surface area contributed by atoms with Crippen LogP contribution in [0.25, 0.3) is 0 Å². The van der Waals surface area contributed by atoms with Gasteiger partial charge in [-0.25, -0.2) is 0 Å². The van der Waals surface area contributed by atoms with Gasteiger partial charge < -0.3 is 10.2 Å². The normalized spacial score (nSPS) is 33.6. The van der Waals surface area contributed by atoms with Crippen molar-refractivity contribution in [3.63, 3.8) is 0 Å². The van der Waals surface area contributed by atoms with Gasteiger partial charge in [-0.1, -0.05) is 26.8 Å². The molecule has 0 amide bonds. The Morgan fingerprint density at radius 1 is 1.54 bits per heavy atom. The molecule has 0 aromatic carbocycles. The number of aliphatic hydroxyl groups excluding tert-OH is 2. The van der Waals surface area contributed by atoms with E-state index in [-0.39, 0.29) is 17.9 Å². The number of hydrogen-bond acceptors (Lipinski definition) is 2. The van der Waals surface area contributed by atoms with Crippen LogP contribution >= 0.6 is 0 Å². The molecular formula is C11H18O2. The van der Waals surface area contributed by atoms with Gasteiger partial charge in [0.1, 0.15) is 5.76 Å². The zero-order chi connectivity index (χ0) is 10.1. The molecule has 2 atom stereocenters. The van der Waals surface area contributed by atoms with E-state index in [0.717, 1.165) is 0 Å². The second kappa shape index (κ2) is 3.54. The van der Waals surface area contributed by atoms with E-state index in [2.05, 4.69) is 20.8 Å². The van der Waals surface area contributed by atoms with Crippen molar-refractivity contribution in [2.75, 3.05) is 6.61 Å². The van der Waals surface area contributed by atoms with Crippen molar-refractivity contribution in [1.82, 2.24) is 0 Å². The molecule has 0 fully saturated rings. The molecular weight excluding hydrogens is 164 g/mol. The largest absolute Gasteiger partial charge is 0.508 e. The smallest absolute Gasteiger partial charge is 0.111 e. The summed E-state index contributed by atoms with van der Waals surface area (Å²) in [5, 5.41) is 18.6. The van der Waals surface area contributed by atoms with Crippen molar-refractivity contribution in [2.45, 2.75) is 20.8 Å². The summed E-state index contributed by atoms with van der Waals surface area (Å²) in [4.78, 5) is 0. The lowest BCUT2D eigenvalue weighted by Crippen LogP contribution is -2.34. The Hall–Kier alpha value is -0.760. The summed E-state index contributed by atoms with van der Waals surface area (Å²) in [5.74, 6) is 0.820. The average Bonchev–Trinajstić information content (AvgIpc) is 2.04. The fourth-order valence-corrected chi connectivity index (χ4v) is 1.75. The minimum Gasteiger partial charge on any atom is -0.508 e. The molecule has 0 aromatic rings. The van der Waals surface area contributed by atoms with Crippen LogP contribution in [0.1, 0.15) is 20.8 Å². The molecule has 0 saturated heterocycles. The molecule has 0 aromatic heterocycles. The van der Waals surface area contributed by atoms with Crippen LogP contribution in [0.3, 0.4) is 0 Å². The first-order valence-corrected chi connectivity index (χ1v) is 4.71. The Labute approximate surface area is 79.6 Å². The molecule has 2 heteroatoms. The van der Waals surface area contributed by atoms with Gasteiger partial charge in [-0.2, -0.15) is 0 Å². The predicted molar refractivity (Wildman–Crippen MR) is 53.4 cm³/mol. The van der Waals surface area contributed by atoms with E-state index in [1.54, 1.807) is 6.08 Å². The van der Waals surface area contributed by atoms with E-state index >= 15 is 0 Å². The van der Waals surface area contributed by atoms with E-state index in [1.165, 1.54) is 0 Å². The summed E-state index contributed by atoms with van der Waals surface area (Å²) in [6.45, 7) is 6.41. The van der Waals surface area contributed by atoms with Gasteiger partial charge in [-0.3, -0.25) is 0 Å². The summed E-state index contributed by atoms with van der Waals surface area (Å²) in [5.41, 5.74) is -0.131. The molecule has 2 N–H and O–H groups in total. The van der Waals surface area contributed by atoms with Crippen LogP contribution in [0.15, 0.2) is 24.0 Å². The van der Waals surface area contributed by atoms with Crippen LogP contribution in [-0.2, 0) is 0 Å². The van der Waals surface area contributed by atoms with Crippen LogP contribution < -0.4 is 0 Å². The Morgan fingerprint density at radius 3 is 2.62 bits per heavy atom. The summed E-state index contributed by atoms with van der Waals surface area (Å²) in [7, 11) is 0. The molecule has 2 nitrogen and oxygen atoms in total. The number of rotatable bonds is 2. The van der Waals surface area contributed by atoms with Crippen molar-refractivity contribution in [1.29, 1.82) is 0 Å². The fourth-order valence-electron chi connectivity index (χ4n) is 1.75. The predicted octanol–water partition coefficient (Wildman–Crippen LogP) is 2.27. The minimum absolute atomic E-state index is 0.114. The highest BCUT2D eigenvalue weighted by molar-refractivity contribution is 5.24. The molecule has 0 bridgehead atoms. The molecule has 2 unspecified atom stereocenters. The zero-order valence-corrected chi connectivity index (χ0v) is 8.49. The average molecular weight is 182 g/mol. The molecule has 13 heavy (non-hydrogen) atoms. The summed E-state index contributed by atoms with van der Waals surface area (Å²) >= 11 is 0. The molecule has 0 radical (unpaired) electrons. The highest BCUT2D eigenvalue weighted by Crippen LogP contribution is 2.40. The third-order valence-electron chi connectivity index (χ3n) is 3.20. The van der Waals surface area contributed by atoms with Gasteiger partial charge in [0.25, 0.3) is 0 Å². The quantitative estimate of drug-likeness (QED) is 0.687.